The molecular formula is C20H23N5O2. The molecule has 0 unspecified atom stereocenters. The number of aromatic nitrogens is 3. The summed E-state index contributed by atoms with van der Waals surface area (Å²) in [4.78, 5) is 26.6. The lowest BCUT2D eigenvalue weighted by Gasteiger charge is -2.26. The van der Waals surface area contributed by atoms with E-state index in [1.165, 1.54) is 6.33 Å². The van der Waals surface area contributed by atoms with Crippen molar-refractivity contribution in [2.75, 3.05) is 39.4 Å². The van der Waals surface area contributed by atoms with E-state index < -0.39 is 0 Å². The van der Waals surface area contributed by atoms with Crippen LogP contribution in [0.25, 0.3) is 22.3 Å². The van der Waals surface area contributed by atoms with Gasteiger partial charge in [0, 0.05) is 42.3 Å². The Balaban J connectivity index is 1.38. The summed E-state index contributed by atoms with van der Waals surface area (Å²) in [6, 6.07) is 9.51. The van der Waals surface area contributed by atoms with Gasteiger partial charge in [-0.1, -0.05) is 12.1 Å². The third-order valence-electron chi connectivity index (χ3n) is 4.79. The van der Waals surface area contributed by atoms with E-state index in [9.17, 15) is 4.79 Å². The molecule has 2 aromatic heterocycles. The van der Waals surface area contributed by atoms with Crippen molar-refractivity contribution >= 4 is 16.9 Å². The summed E-state index contributed by atoms with van der Waals surface area (Å²) in [6.45, 7) is 5.20. The summed E-state index contributed by atoms with van der Waals surface area (Å²) in [6.07, 6.45) is 4.31. The zero-order valence-corrected chi connectivity index (χ0v) is 15.1. The van der Waals surface area contributed by atoms with Gasteiger partial charge in [0.15, 0.2) is 0 Å². The Labute approximate surface area is 157 Å². The monoisotopic (exact) mass is 365 g/mol. The maximum absolute atomic E-state index is 12.5. The Morgan fingerprint density at radius 3 is 3.00 bits per heavy atom. The minimum Gasteiger partial charge on any atom is -0.379 e. The number of benzene rings is 1. The molecule has 0 aliphatic carbocycles. The predicted molar refractivity (Wildman–Crippen MR) is 104 cm³/mol. The Kier molecular flexibility index (Phi) is 5.41. The van der Waals surface area contributed by atoms with Crippen molar-refractivity contribution in [2.24, 2.45) is 0 Å². The Hall–Kier alpha value is -2.77. The molecule has 0 bridgehead atoms. The van der Waals surface area contributed by atoms with Crippen LogP contribution in [0.5, 0.6) is 0 Å². The zero-order valence-electron chi connectivity index (χ0n) is 15.1. The summed E-state index contributed by atoms with van der Waals surface area (Å²) >= 11 is 0. The number of ether oxygens (including phenoxy) is 1. The van der Waals surface area contributed by atoms with Gasteiger partial charge in [-0.15, -0.1) is 0 Å². The number of amides is 1. The van der Waals surface area contributed by atoms with E-state index in [2.05, 4.69) is 25.2 Å². The van der Waals surface area contributed by atoms with Crippen LogP contribution in [-0.4, -0.2) is 65.2 Å². The Morgan fingerprint density at radius 2 is 2.11 bits per heavy atom. The van der Waals surface area contributed by atoms with Gasteiger partial charge < -0.3 is 15.0 Å². The van der Waals surface area contributed by atoms with Gasteiger partial charge in [-0.3, -0.25) is 9.69 Å². The first-order chi connectivity index (χ1) is 13.3. The van der Waals surface area contributed by atoms with Crippen molar-refractivity contribution in [1.82, 2.24) is 25.2 Å². The predicted octanol–water partition coefficient (Wildman–Crippen LogP) is 2.08. The van der Waals surface area contributed by atoms with Crippen molar-refractivity contribution in [3.05, 3.63) is 48.4 Å². The number of aromatic amines is 1. The van der Waals surface area contributed by atoms with Crippen LogP contribution in [0.1, 0.15) is 16.8 Å². The molecule has 1 saturated heterocycles. The number of nitrogens with one attached hydrogen (secondary N) is 2. The second kappa shape index (κ2) is 8.28. The summed E-state index contributed by atoms with van der Waals surface area (Å²) in [5.74, 6) is -0.0572. The first-order valence-electron chi connectivity index (χ1n) is 9.28. The molecule has 4 rings (SSSR count). The number of morpholine rings is 1. The maximum Gasteiger partial charge on any atom is 0.251 e. The van der Waals surface area contributed by atoms with Gasteiger partial charge in [0.25, 0.3) is 5.91 Å². The van der Waals surface area contributed by atoms with Crippen LogP contribution in [0, 0.1) is 0 Å². The van der Waals surface area contributed by atoms with Gasteiger partial charge >= 0.3 is 0 Å². The lowest BCUT2D eigenvalue weighted by molar-refractivity contribution is 0.0374. The second-order valence-corrected chi connectivity index (χ2v) is 6.61. The summed E-state index contributed by atoms with van der Waals surface area (Å²) in [5.41, 5.74) is 3.16. The molecule has 3 heterocycles. The van der Waals surface area contributed by atoms with Crippen LogP contribution < -0.4 is 5.32 Å². The topological polar surface area (TPSA) is 83.1 Å². The number of carbonyl (C=O) groups excluding carboxylic acids is 1. The van der Waals surface area contributed by atoms with Crippen LogP contribution in [0.15, 0.2) is 42.9 Å². The molecule has 140 valence electrons. The fourth-order valence-corrected chi connectivity index (χ4v) is 3.34. The molecule has 7 heteroatoms. The molecular weight excluding hydrogens is 342 g/mol. The lowest BCUT2D eigenvalue weighted by Crippen LogP contribution is -2.38. The number of fused-ring (bicyclic) bond motifs is 1. The van der Waals surface area contributed by atoms with Crippen molar-refractivity contribution in [3.63, 3.8) is 0 Å². The number of hydrogen-bond donors (Lipinski definition) is 2. The Morgan fingerprint density at radius 1 is 1.22 bits per heavy atom. The van der Waals surface area contributed by atoms with Crippen molar-refractivity contribution in [2.45, 2.75) is 6.42 Å². The van der Waals surface area contributed by atoms with Gasteiger partial charge in [0.1, 0.15) is 12.0 Å². The molecule has 2 N–H and O–H groups in total. The summed E-state index contributed by atoms with van der Waals surface area (Å²) in [7, 11) is 0. The summed E-state index contributed by atoms with van der Waals surface area (Å²) < 4.78 is 5.35. The molecule has 3 aromatic rings. The van der Waals surface area contributed by atoms with Crippen LogP contribution in [0.2, 0.25) is 0 Å². The molecule has 1 aromatic carbocycles. The highest BCUT2D eigenvalue weighted by Gasteiger charge is 2.12. The molecule has 1 aliphatic heterocycles. The fraction of sp³-hybridized carbons (Fsp3) is 0.350. The third-order valence-corrected chi connectivity index (χ3v) is 4.79. The molecule has 27 heavy (non-hydrogen) atoms. The molecule has 1 aliphatic rings. The standard InChI is InChI=1S/C20H23N5O2/c26-20(22-6-2-8-25-9-11-27-12-10-25)16-4-1-3-15(13-16)18-17-5-7-21-19(17)24-14-23-18/h1,3-5,7,13-14H,2,6,8-12H2,(H,22,26)(H,21,23,24). The van der Waals surface area contributed by atoms with Gasteiger partial charge in [0.05, 0.1) is 18.9 Å². The normalized spacial score (nSPS) is 15.1. The molecule has 0 radical (unpaired) electrons. The molecule has 0 atom stereocenters. The zero-order chi connectivity index (χ0) is 18.5. The fourth-order valence-electron chi connectivity index (χ4n) is 3.34. The number of hydrogen-bond acceptors (Lipinski definition) is 5. The number of rotatable bonds is 6. The molecule has 7 nitrogen and oxygen atoms in total. The van der Waals surface area contributed by atoms with Crippen LogP contribution in [0.3, 0.4) is 0 Å². The highest BCUT2D eigenvalue weighted by atomic mass is 16.5. The van der Waals surface area contributed by atoms with Crippen molar-refractivity contribution in [1.29, 1.82) is 0 Å². The largest absolute Gasteiger partial charge is 0.379 e. The van der Waals surface area contributed by atoms with Crippen LogP contribution >= 0.6 is 0 Å². The first-order valence-corrected chi connectivity index (χ1v) is 9.28. The van der Waals surface area contributed by atoms with Crippen LogP contribution in [0.4, 0.5) is 0 Å². The van der Waals surface area contributed by atoms with E-state index in [1.54, 1.807) is 0 Å². The molecule has 0 saturated carbocycles. The minimum absolute atomic E-state index is 0.0572. The van der Waals surface area contributed by atoms with E-state index in [-0.39, 0.29) is 5.91 Å². The van der Waals surface area contributed by atoms with E-state index in [4.69, 9.17) is 4.74 Å². The molecule has 1 fully saturated rings. The summed E-state index contributed by atoms with van der Waals surface area (Å²) in [5, 5.41) is 3.96. The second-order valence-electron chi connectivity index (χ2n) is 6.61. The van der Waals surface area contributed by atoms with Gasteiger partial charge in [-0.25, -0.2) is 9.97 Å². The van der Waals surface area contributed by atoms with Gasteiger partial charge in [-0.2, -0.15) is 0 Å². The number of nitrogens with zero attached hydrogens (tertiary/aromatic N) is 3. The number of H-pyrrole nitrogens is 1. The van der Waals surface area contributed by atoms with E-state index in [1.807, 2.05) is 36.5 Å². The lowest BCUT2D eigenvalue weighted by atomic mass is 10.1. The third kappa shape index (κ3) is 4.15. The first kappa shape index (κ1) is 17.6. The van der Waals surface area contributed by atoms with E-state index >= 15 is 0 Å². The van der Waals surface area contributed by atoms with Crippen molar-refractivity contribution in [3.8, 4) is 11.3 Å². The van der Waals surface area contributed by atoms with Crippen LogP contribution in [-0.2, 0) is 4.74 Å². The van der Waals surface area contributed by atoms with E-state index in [0.29, 0.717) is 12.1 Å². The SMILES string of the molecule is O=C(NCCCN1CCOCC1)c1cccc(-c2ncnc3[nH]ccc23)c1. The average Bonchev–Trinajstić information content (AvgIpc) is 3.21. The van der Waals surface area contributed by atoms with E-state index in [0.717, 1.165) is 61.6 Å². The molecule has 0 spiro atoms. The van der Waals surface area contributed by atoms with Crippen molar-refractivity contribution < 1.29 is 9.53 Å². The maximum atomic E-state index is 12.5. The smallest absolute Gasteiger partial charge is 0.251 e. The average molecular weight is 365 g/mol. The minimum atomic E-state index is -0.0572. The van der Waals surface area contributed by atoms with Gasteiger partial charge in [0.2, 0.25) is 0 Å². The highest BCUT2D eigenvalue weighted by Crippen LogP contribution is 2.25. The Bertz CT molecular complexity index is 917. The number of carbonyl (C=O) groups is 1. The van der Waals surface area contributed by atoms with Gasteiger partial charge in [-0.05, 0) is 31.2 Å². The highest BCUT2D eigenvalue weighted by molar-refractivity contribution is 5.97. The quantitative estimate of drug-likeness (QED) is 0.654. The molecule has 1 amide bonds.